The number of carbonyl (C=O) groups excluding carboxylic acids is 2. The standard InChI is InChI=1S/C19H28N2O3/c1-15(2)13-17(19(23)21-11-7-4-8-12-21)20-18(22)14-24-16-9-5-3-6-10-16/h3,5-6,9-10,15,17H,4,7-8,11-14H2,1-2H3,(H,20,22)/t17-/m1/s1. The van der Waals surface area contributed by atoms with Gasteiger partial charge in [0.05, 0.1) is 0 Å². The number of amides is 2. The molecule has 0 unspecified atom stereocenters. The maximum atomic E-state index is 12.7. The van der Waals surface area contributed by atoms with Crippen LogP contribution in [-0.4, -0.2) is 42.5 Å². The Morgan fingerprint density at radius 2 is 1.79 bits per heavy atom. The van der Waals surface area contributed by atoms with Crippen LogP contribution in [-0.2, 0) is 9.59 Å². The summed E-state index contributed by atoms with van der Waals surface area (Å²) in [6.45, 7) is 5.63. The Morgan fingerprint density at radius 3 is 2.42 bits per heavy atom. The molecule has 1 atom stereocenters. The highest BCUT2D eigenvalue weighted by Crippen LogP contribution is 2.14. The van der Waals surface area contributed by atoms with E-state index in [-0.39, 0.29) is 18.4 Å². The maximum absolute atomic E-state index is 12.7. The van der Waals surface area contributed by atoms with Crippen LogP contribution in [0.2, 0.25) is 0 Å². The Hall–Kier alpha value is -2.04. The van der Waals surface area contributed by atoms with Crippen molar-refractivity contribution in [3.63, 3.8) is 0 Å². The molecule has 0 aliphatic carbocycles. The van der Waals surface area contributed by atoms with Gasteiger partial charge in [0, 0.05) is 13.1 Å². The van der Waals surface area contributed by atoms with E-state index in [1.54, 1.807) is 12.1 Å². The fourth-order valence-electron chi connectivity index (χ4n) is 2.93. The number of nitrogens with one attached hydrogen (secondary N) is 1. The van der Waals surface area contributed by atoms with Crippen LogP contribution in [0.3, 0.4) is 0 Å². The van der Waals surface area contributed by atoms with E-state index in [0.29, 0.717) is 18.1 Å². The van der Waals surface area contributed by atoms with Gasteiger partial charge in [0.1, 0.15) is 11.8 Å². The third-order valence-electron chi connectivity index (χ3n) is 4.12. The number of carbonyl (C=O) groups is 2. The van der Waals surface area contributed by atoms with Crippen molar-refractivity contribution >= 4 is 11.8 Å². The minimum absolute atomic E-state index is 0.0384. The van der Waals surface area contributed by atoms with Crippen LogP contribution >= 0.6 is 0 Å². The Kier molecular flexibility index (Phi) is 7.09. The first-order chi connectivity index (χ1) is 11.6. The number of para-hydroxylation sites is 1. The molecule has 0 spiro atoms. The third kappa shape index (κ3) is 5.87. The summed E-state index contributed by atoms with van der Waals surface area (Å²) in [5, 5.41) is 2.86. The molecule has 5 nitrogen and oxygen atoms in total. The van der Waals surface area contributed by atoms with E-state index in [1.165, 1.54) is 6.42 Å². The van der Waals surface area contributed by atoms with Crippen LogP contribution in [0.5, 0.6) is 5.75 Å². The zero-order valence-electron chi connectivity index (χ0n) is 14.7. The lowest BCUT2D eigenvalue weighted by Gasteiger charge is -2.31. The second-order valence-electron chi connectivity index (χ2n) is 6.74. The second kappa shape index (κ2) is 9.30. The van der Waals surface area contributed by atoms with Crippen molar-refractivity contribution in [3.8, 4) is 5.75 Å². The highest BCUT2D eigenvalue weighted by Gasteiger charge is 2.27. The number of benzene rings is 1. The molecule has 24 heavy (non-hydrogen) atoms. The summed E-state index contributed by atoms with van der Waals surface area (Å²) in [7, 11) is 0. The molecule has 0 bridgehead atoms. The molecule has 1 aromatic rings. The van der Waals surface area contributed by atoms with Crippen molar-refractivity contribution in [2.24, 2.45) is 5.92 Å². The van der Waals surface area contributed by atoms with E-state index in [4.69, 9.17) is 4.74 Å². The zero-order chi connectivity index (χ0) is 17.4. The summed E-state index contributed by atoms with van der Waals surface area (Å²) < 4.78 is 5.46. The lowest BCUT2D eigenvalue weighted by atomic mass is 10.0. The summed E-state index contributed by atoms with van der Waals surface area (Å²) in [5.41, 5.74) is 0. The maximum Gasteiger partial charge on any atom is 0.258 e. The van der Waals surface area contributed by atoms with Gasteiger partial charge in [-0.2, -0.15) is 0 Å². The summed E-state index contributed by atoms with van der Waals surface area (Å²) in [5.74, 6) is 0.765. The van der Waals surface area contributed by atoms with Crippen molar-refractivity contribution in [1.82, 2.24) is 10.2 Å². The highest BCUT2D eigenvalue weighted by atomic mass is 16.5. The van der Waals surface area contributed by atoms with Gasteiger partial charge in [-0.15, -0.1) is 0 Å². The van der Waals surface area contributed by atoms with Crippen LogP contribution in [0.4, 0.5) is 0 Å². The summed E-state index contributed by atoms with van der Waals surface area (Å²) in [6, 6.07) is 8.75. The molecule has 1 saturated heterocycles. The van der Waals surface area contributed by atoms with E-state index in [9.17, 15) is 9.59 Å². The van der Waals surface area contributed by atoms with Gasteiger partial charge in [-0.05, 0) is 43.7 Å². The third-order valence-corrected chi connectivity index (χ3v) is 4.12. The van der Waals surface area contributed by atoms with Gasteiger partial charge >= 0.3 is 0 Å². The Balaban J connectivity index is 1.89. The minimum Gasteiger partial charge on any atom is -0.484 e. The largest absolute Gasteiger partial charge is 0.484 e. The summed E-state index contributed by atoms with van der Waals surface area (Å²) in [6.07, 6.45) is 3.92. The lowest BCUT2D eigenvalue weighted by Crippen LogP contribution is -2.51. The SMILES string of the molecule is CC(C)C[C@@H](NC(=O)COc1ccccc1)C(=O)N1CCCCC1. The van der Waals surface area contributed by atoms with E-state index in [1.807, 2.05) is 23.1 Å². The molecule has 1 aliphatic rings. The molecular formula is C19H28N2O3. The van der Waals surface area contributed by atoms with Crippen LogP contribution in [0, 0.1) is 5.92 Å². The first-order valence-corrected chi connectivity index (χ1v) is 8.82. The van der Waals surface area contributed by atoms with E-state index in [0.717, 1.165) is 25.9 Å². The predicted molar refractivity (Wildman–Crippen MR) is 93.8 cm³/mol. The monoisotopic (exact) mass is 332 g/mol. The fourth-order valence-corrected chi connectivity index (χ4v) is 2.93. The van der Waals surface area contributed by atoms with E-state index < -0.39 is 6.04 Å². The number of piperidine rings is 1. The highest BCUT2D eigenvalue weighted by molar-refractivity contribution is 5.88. The molecule has 0 aromatic heterocycles. The Labute approximate surface area is 144 Å². The number of nitrogens with zero attached hydrogens (tertiary/aromatic N) is 1. The molecular weight excluding hydrogens is 304 g/mol. The average molecular weight is 332 g/mol. The minimum atomic E-state index is -0.463. The van der Waals surface area contributed by atoms with E-state index >= 15 is 0 Å². The van der Waals surface area contributed by atoms with Crippen molar-refractivity contribution < 1.29 is 14.3 Å². The number of ether oxygens (including phenoxy) is 1. The fraction of sp³-hybridized carbons (Fsp3) is 0.579. The predicted octanol–water partition coefficient (Wildman–Crippen LogP) is 2.61. The van der Waals surface area contributed by atoms with Gasteiger partial charge in [-0.3, -0.25) is 9.59 Å². The Morgan fingerprint density at radius 1 is 1.12 bits per heavy atom. The van der Waals surface area contributed by atoms with Gasteiger partial charge in [-0.1, -0.05) is 32.0 Å². The summed E-state index contributed by atoms with van der Waals surface area (Å²) in [4.78, 5) is 26.8. The van der Waals surface area contributed by atoms with Crippen molar-refractivity contribution in [2.45, 2.75) is 45.6 Å². The zero-order valence-corrected chi connectivity index (χ0v) is 14.7. The molecule has 1 aliphatic heterocycles. The first-order valence-electron chi connectivity index (χ1n) is 8.82. The van der Waals surface area contributed by atoms with Crippen LogP contribution in [0.25, 0.3) is 0 Å². The van der Waals surface area contributed by atoms with Gasteiger partial charge in [0.25, 0.3) is 5.91 Å². The molecule has 132 valence electrons. The average Bonchev–Trinajstić information content (AvgIpc) is 2.60. The summed E-state index contributed by atoms with van der Waals surface area (Å²) >= 11 is 0. The first kappa shape index (κ1) is 18.3. The number of hydrogen-bond acceptors (Lipinski definition) is 3. The molecule has 2 rings (SSSR count). The van der Waals surface area contributed by atoms with Gasteiger partial charge in [-0.25, -0.2) is 0 Å². The molecule has 2 amide bonds. The normalized spacial score (nSPS) is 15.9. The van der Waals surface area contributed by atoms with Crippen molar-refractivity contribution in [2.75, 3.05) is 19.7 Å². The van der Waals surface area contributed by atoms with Gasteiger partial charge < -0.3 is 15.0 Å². The molecule has 5 heteroatoms. The smallest absolute Gasteiger partial charge is 0.258 e. The molecule has 0 radical (unpaired) electrons. The molecule has 1 heterocycles. The lowest BCUT2D eigenvalue weighted by molar-refractivity contribution is -0.138. The van der Waals surface area contributed by atoms with Crippen molar-refractivity contribution in [3.05, 3.63) is 30.3 Å². The van der Waals surface area contributed by atoms with Gasteiger partial charge in [0.2, 0.25) is 5.91 Å². The van der Waals surface area contributed by atoms with Gasteiger partial charge in [0.15, 0.2) is 6.61 Å². The quantitative estimate of drug-likeness (QED) is 0.835. The van der Waals surface area contributed by atoms with Crippen LogP contribution in [0.1, 0.15) is 39.5 Å². The van der Waals surface area contributed by atoms with Crippen LogP contribution in [0.15, 0.2) is 30.3 Å². The topological polar surface area (TPSA) is 58.6 Å². The molecule has 0 saturated carbocycles. The Bertz CT molecular complexity index is 525. The number of likely N-dealkylation sites (tertiary alicyclic amines) is 1. The molecule has 1 aromatic carbocycles. The van der Waals surface area contributed by atoms with Crippen LogP contribution < -0.4 is 10.1 Å². The van der Waals surface area contributed by atoms with E-state index in [2.05, 4.69) is 19.2 Å². The molecule has 1 fully saturated rings. The molecule has 1 N–H and O–H groups in total. The number of rotatable bonds is 7. The van der Waals surface area contributed by atoms with Crippen molar-refractivity contribution in [1.29, 1.82) is 0 Å². The number of hydrogen-bond donors (Lipinski definition) is 1. The second-order valence-corrected chi connectivity index (χ2v) is 6.74.